The van der Waals surface area contributed by atoms with Gasteiger partial charge in [-0.15, -0.1) is 0 Å². The van der Waals surface area contributed by atoms with Crippen LogP contribution < -0.4 is 11.1 Å². The lowest BCUT2D eigenvalue weighted by Crippen LogP contribution is -2.59. The van der Waals surface area contributed by atoms with E-state index in [1.807, 2.05) is 13.8 Å². The van der Waals surface area contributed by atoms with E-state index in [4.69, 9.17) is 15.2 Å². The second-order valence-electron chi connectivity index (χ2n) is 20.6. The number of cyclic esters (lactones) is 1. The molecule has 0 radical (unpaired) electrons. The number of allylic oxidation sites excluding steroid dienone is 2. The van der Waals surface area contributed by atoms with Crippen LogP contribution in [0.3, 0.4) is 0 Å². The molecule has 0 aliphatic carbocycles. The molecule has 1 fully saturated rings. The number of aliphatic imine (C=N–C) groups is 1. The second kappa shape index (κ2) is 31.0. The van der Waals surface area contributed by atoms with Crippen molar-refractivity contribution in [2.24, 2.45) is 52.2 Å². The molecular weight excluding hydrogens is 879 g/mol. The van der Waals surface area contributed by atoms with Crippen molar-refractivity contribution < 1.29 is 70.4 Å². The number of ether oxygens (including phenoxy) is 2. The van der Waals surface area contributed by atoms with Gasteiger partial charge in [0.25, 0.3) is 0 Å². The molecule has 396 valence electrons. The number of nitrogens with zero attached hydrogens (tertiary/aromatic N) is 1. The molecule has 2 aliphatic heterocycles. The molecule has 0 saturated carbocycles. The molecule has 0 aromatic heterocycles. The third-order valence-corrected chi connectivity index (χ3v) is 14.4. The second-order valence-corrected chi connectivity index (χ2v) is 20.6. The van der Waals surface area contributed by atoms with Crippen molar-refractivity contribution in [1.82, 2.24) is 5.32 Å². The van der Waals surface area contributed by atoms with Gasteiger partial charge in [0.2, 0.25) is 0 Å². The lowest BCUT2D eigenvalue weighted by Gasteiger charge is -2.45. The predicted octanol–water partition coefficient (Wildman–Crippen LogP) is 2.73. The van der Waals surface area contributed by atoms with Gasteiger partial charge in [0.15, 0.2) is 11.7 Å². The van der Waals surface area contributed by atoms with Gasteiger partial charge < -0.3 is 76.7 Å². The zero-order valence-electron chi connectivity index (χ0n) is 42.2. The number of esters is 1. The molecule has 20 atom stereocenters. The number of fused-ring (bicyclic) bond motifs is 2. The van der Waals surface area contributed by atoms with Gasteiger partial charge in [0.1, 0.15) is 12.2 Å². The van der Waals surface area contributed by atoms with E-state index in [1.54, 1.807) is 46.9 Å². The van der Waals surface area contributed by atoms with Crippen LogP contribution in [0.15, 0.2) is 41.4 Å². The van der Waals surface area contributed by atoms with E-state index in [0.29, 0.717) is 11.9 Å². The Morgan fingerprint density at radius 1 is 0.765 bits per heavy atom. The van der Waals surface area contributed by atoms with Crippen LogP contribution in [-0.4, -0.2) is 161 Å². The Kier molecular flexibility index (Phi) is 28.1. The van der Waals surface area contributed by atoms with E-state index in [0.717, 1.165) is 45.1 Å². The van der Waals surface area contributed by atoms with Gasteiger partial charge in [-0.3, -0.25) is 4.99 Å². The Balaban J connectivity index is 2.28. The van der Waals surface area contributed by atoms with Crippen LogP contribution in [0.1, 0.15) is 138 Å². The van der Waals surface area contributed by atoms with E-state index >= 15 is 0 Å². The van der Waals surface area contributed by atoms with E-state index in [1.165, 1.54) is 12.2 Å². The third-order valence-electron chi connectivity index (χ3n) is 14.4. The molecule has 0 aromatic carbocycles. The minimum atomic E-state index is -2.38. The van der Waals surface area contributed by atoms with E-state index in [-0.39, 0.29) is 56.8 Å². The molecule has 68 heavy (non-hydrogen) atoms. The summed E-state index contributed by atoms with van der Waals surface area (Å²) >= 11 is 0. The predicted molar refractivity (Wildman–Crippen MR) is 262 cm³/mol. The summed E-state index contributed by atoms with van der Waals surface area (Å²) in [6.45, 7) is 13.5. The van der Waals surface area contributed by atoms with Crippen LogP contribution in [-0.2, 0) is 14.3 Å². The van der Waals surface area contributed by atoms with Crippen molar-refractivity contribution >= 4 is 11.9 Å². The highest BCUT2D eigenvalue weighted by Gasteiger charge is 2.50. The minimum absolute atomic E-state index is 0.0944. The minimum Gasteiger partial charge on any atom is -0.458 e. The number of aliphatic hydroxyl groups excluding tert-OH is 10. The topological polar surface area (TPSA) is 308 Å². The molecule has 14 N–H and O–H groups in total. The molecule has 1 saturated heterocycles. The quantitative estimate of drug-likeness (QED) is 0.0466. The number of carbonyl (C=O) groups is 1. The maximum atomic E-state index is 13.4. The van der Waals surface area contributed by atoms with Crippen LogP contribution in [0.2, 0.25) is 0 Å². The highest BCUT2D eigenvalue weighted by molar-refractivity contribution is 5.82. The van der Waals surface area contributed by atoms with Crippen LogP contribution in [0.25, 0.3) is 0 Å². The highest BCUT2D eigenvalue weighted by atomic mass is 16.7. The van der Waals surface area contributed by atoms with Gasteiger partial charge in [0.05, 0.1) is 61.0 Å². The Morgan fingerprint density at radius 3 is 2.06 bits per heavy atom. The third kappa shape index (κ3) is 21.9. The lowest BCUT2D eigenvalue weighted by atomic mass is 9.83. The number of guanidine groups is 1. The van der Waals surface area contributed by atoms with Gasteiger partial charge in [0, 0.05) is 62.6 Å². The summed E-state index contributed by atoms with van der Waals surface area (Å²) in [7, 11) is 1.64. The van der Waals surface area contributed by atoms with Gasteiger partial charge in [-0.2, -0.15) is 0 Å². The zero-order chi connectivity index (χ0) is 51.3. The summed E-state index contributed by atoms with van der Waals surface area (Å²) in [5.74, 6) is -5.26. The Bertz CT molecular complexity index is 1540. The van der Waals surface area contributed by atoms with Crippen molar-refractivity contribution in [1.29, 1.82) is 0 Å². The van der Waals surface area contributed by atoms with Gasteiger partial charge in [-0.05, 0) is 82.0 Å². The largest absolute Gasteiger partial charge is 0.458 e. The Morgan fingerprint density at radius 2 is 1.40 bits per heavy atom. The van der Waals surface area contributed by atoms with Crippen LogP contribution in [0.5, 0.6) is 0 Å². The molecular formula is C51H93N3O14. The fourth-order valence-electron chi connectivity index (χ4n) is 9.34. The first-order valence-corrected chi connectivity index (χ1v) is 25.3. The smallest absolute Gasteiger partial charge is 0.330 e. The maximum absolute atomic E-state index is 13.4. The number of rotatable bonds is 11. The van der Waals surface area contributed by atoms with Gasteiger partial charge in [-0.1, -0.05) is 85.3 Å². The van der Waals surface area contributed by atoms with Crippen molar-refractivity contribution in [3.05, 3.63) is 36.5 Å². The number of hydrogen-bond donors (Lipinski definition) is 13. The van der Waals surface area contributed by atoms with Crippen molar-refractivity contribution in [2.45, 2.75) is 217 Å². The number of unbranched alkanes of at least 4 members (excludes halogenated alkanes) is 2. The molecule has 0 spiro atoms. The molecule has 0 aromatic rings. The average molecular weight is 972 g/mol. The molecule has 2 aliphatic rings. The van der Waals surface area contributed by atoms with Gasteiger partial charge >= 0.3 is 5.97 Å². The SMILES string of the molecule is CN=C(N)NCCC/C=C/CCC[C@H](C)C[C@H](C)C1OC(=O)/C=C/C(C)C(O)CC(O)C(C)C(O)CCC(C)C(O)CC2(O)OC(CC(O)CC(O)CC(O)C(C)C(O)/C=C/C1C)CC(O)C2O. The van der Waals surface area contributed by atoms with Crippen LogP contribution in [0.4, 0.5) is 0 Å². The molecule has 17 heteroatoms. The fourth-order valence-corrected chi connectivity index (χ4v) is 9.34. The summed E-state index contributed by atoms with van der Waals surface area (Å²) in [4.78, 5) is 17.3. The van der Waals surface area contributed by atoms with E-state index in [2.05, 4.69) is 29.4 Å². The number of nitrogens with one attached hydrogen (secondary N) is 1. The summed E-state index contributed by atoms with van der Waals surface area (Å²) in [5.41, 5.74) is 5.67. The molecule has 2 bridgehead atoms. The number of hydrogen-bond acceptors (Lipinski definition) is 15. The van der Waals surface area contributed by atoms with Crippen molar-refractivity contribution in [3.63, 3.8) is 0 Å². The van der Waals surface area contributed by atoms with Crippen LogP contribution in [0, 0.1) is 41.4 Å². The summed E-state index contributed by atoms with van der Waals surface area (Å²) < 4.78 is 11.9. The Hall–Kier alpha value is -2.52. The van der Waals surface area contributed by atoms with Crippen LogP contribution >= 0.6 is 0 Å². The fraction of sp³-hybridized carbons (Fsp3) is 0.843. The lowest BCUT2D eigenvalue weighted by molar-refractivity contribution is -0.333. The monoisotopic (exact) mass is 972 g/mol. The maximum Gasteiger partial charge on any atom is 0.330 e. The summed E-state index contributed by atoms with van der Waals surface area (Å²) in [6, 6.07) is 0. The number of aliphatic hydroxyl groups is 11. The molecule has 2 rings (SSSR count). The first kappa shape index (κ1) is 61.6. The molecule has 18 unspecified atom stereocenters. The van der Waals surface area contributed by atoms with Crippen molar-refractivity contribution in [3.8, 4) is 0 Å². The first-order valence-electron chi connectivity index (χ1n) is 25.3. The molecule has 2 heterocycles. The molecule has 0 amide bonds. The Labute approximate surface area is 406 Å². The van der Waals surface area contributed by atoms with Gasteiger partial charge in [-0.25, -0.2) is 4.79 Å². The highest BCUT2D eigenvalue weighted by Crippen LogP contribution is 2.36. The van der Waals surface area contributed by atoms with E-state index < -0.39 is 115 Å². The van der Waals surface area contributed by atoms with E-state index in [9.17, 15) is 61.0 Å². The first-order chi connectivity index (χ1) is 31.9. The normalized spacial score (nSPS) is 40.7. The summed E-state index contributed by atoms with van der Waals surface area (Å²) in [6.07, 6.45) is 1.10. The summed E-state index contributed by atoms with van der Waals surface area (Å²) in [5, 5.41) is 124. The zero-order valence-corrected chi connectivity index (χ0v) is 42.2. The number of carbonyl (C=O) groups excluding carboxylic acids is 1. The van der Waals surface area contributed by atoms with Crippen molar-refractivity contribution in [2.75, 3.05) is 13.6 Å². The standard InChI is InChI=1S/C51H93N3O14/c1-30(15-13-11-9-10-12-14-22-54-50(52)53-8)23-34(5)48-33(4)17-20-41(58)35(6)43(60)26-38(56)24-37(55)25-39-27-45(62)49(65)51(66,68-39)29-46(63)32(3)16-19-40(57)36(7)44(61)28-42(59)31(2)18-21-47(64)67-48/h9-10,17-18,20-21,30-46,48-49,55-63,65-66H,11-16,19,22-29H2,1-8H3,(H3,52,53,54)/b10-9+,20-17+,21-18+/t30-,31?,32?,33?,34-,35?,36?,37?,38?,39?,40?,41?,42?,43?,44?,45?,46?,48?,49?,51?/m0/s1. The number of nitrogens with two attached hydrogens (primary N) is 1. The molecule has 17 nitrogen and oxygen atoms in total. The average Bonchev–Trinajstić information content (AvgIpc) is 3.27.